The Labute approximate surface area is 239 Å². The van der Waals surface area contributed by atoms with Crippen LogP contribution in [0.2, 0.25) is 0 Å². The number of amides is 2. The van der Waals surface area contributed by atoms with Gasteiger partial charge in [-0.15, -0.1) is 28.1 Å². The van der Waals surface area contributed by atoms with Gasteiger partial charge in [0.15, 0.2) is 22.5 Å². The molecular formula is C26H31N5O7S2. The lowest BCUT2D eigenvalue weighted by Crippen LogP contribution is -2.18. The Hall–Kier alpha value is -4.04. The molecule has 0 saturated carbocycles. The number of hydrogen-bond donors (Lipinski definition) is 2. The number of esters is 1. The second kappa shape index (κ2) is 13.3. The lowest BCUT2D eigenvalue weighted by atomic mass is 10.1. The monoisotopic (exact) mass is 589 g/mol. The molecule has 12 nitrogen and oxygen atoms in total. The molecule has 0 fully saturated rings. The first-order valence-electron chi connectivity index (χ1n) is 12.0. The van der Waals surface area contributed by atoms with Gasteiger partial charge >= 0.3 is 5.97 Å². The summed E-state index contributed by atoms with van der Waals surface area (Å²) in [5, 5.41) is 11.9. The molecule has 0 spiro atoms. The van der Waals surface area contributed by atoms with Gasteiger partial charge in [-0.05, 0) is 38.5 Å². The molecule has 0 saturated heterocycles. The van der Waals surface area contributed by atoms with E-state index in [1.165, 1.54) is 21.3 Å². The summed E-state index contributed by atoms with van der Waals surface area (Å²) in [6.07, 6.45) is 1.29. The Morgan fingerprint density at radius 3 is 2.33 bits per heavy atom. The summed E-state index contributed by atoms with van der Waals surface area (Å²) in [6, 6.07) is 3.50. The maximum absolute atomic E-state index is 12.9. The molecule has 0 bridgehead atoms. The number of rotatable bonds is 13. The van der Waals surface area contributed by atoms with Crippen molar-refractivity contribution < 1.29 is 33.3 Å². The van der Waals surface area contributed by atoms with Crippen molar-refractivity contribution in [2.24, 2.45) is 5.73 Å². The molecule has 0 atom stereocenters. The minimum Gasteiger partial charge on any atom is -0.493 e. The van der Waals surface area contributed by atoms with Crippen LogP contribution in [-0.4, -0.2) is 65.7 Å². The second-order valence-electron chi connectivity index (χ2n) is 8.53. The molecule has 2 heterocycles. The van der Waals surface area contributed by atoms with Crippen LogP contribution >= 0.6 is 23.1 Å². The van der Waals surface area contributed by atoms with Crippen molar-refractivity contribution in [1.29, 1.82) is 0 Å². The number of benzene rings is 1. The first kappa shape index (κ1) is 30.5. The van der Waals surface area contributed by atoms with Crippen molar-refractivity contribution >= 4 is 45.9 Å². The molecule has 3 rings (SSSR count). The smallest absolute Gasteiger partial charge is 0.341 e. The topological polar surface area (TPSA) is 157 Å². The largest absolute Gasteiger partial charge is 0.493 e. The number of thioether (sulfide) groups is 1. The lowest BCUT2D eigenvalue weighted by Gasteiger charge is -2.14. The van der Waals surface area contributed by atoms with E-state index in [2.05, 4.69) is 22.1 Å². The summed E-state index contributed by atoms with van der Waals surface area (Å²) in [7, 11) is 4.55. The normalized spacial score (nSPS) is 10.8. The predicted octanol–water partition coefficient (Wildman–Crippen LogP) is 3.92. The van der Waals surface area contributed by atoms with E-state index in [1.54, 1.807) is 43.5 Å². The SMILES string of the molecule is C=CCn1c(SCC(=O)Nc2sc(C(N)=O)c(C)c2C(=O)OC(C)C)nnc1-c1cc(OC)c(OC)c(OC)c1. The number of nitrogens with two attached hydrogens (primary N) is 1. The quantitative estimate of drug-likeness (QED) is 0.170. The van der Waals surface area contributed by atoms with Crippen LogP contribution in [0.1, 0.15) is 39.4 Å². The number of thiophene rings is 1. The summed E-state index contributed by atoms with van der Waals surface area (Å²) < 4.78 is 23.4. The molecule has 2 aromatic heterocycles. The van der Waals surface area contributed by atoms with E-state index in [9.17, 15) is 14.4 Å². The molecule has 0 aliphatic carbocycles. The van der Waals surface area contributed by atoms with Crippen LogP contribution in [0.15, 0.2) is 29.9 Å². The number of nitrogens with one attached hydrogen (secondary N) is 1. The van der Waals surface area contributed by atoms with Crippen molar-refractivity contribution in [2.75, 3.05) is 32.4 Å². The Morgan fingerprint density at radius 2 is 1.80 bits per heavy atom. The van der Waals surface area contributed by atoms with Crippen LogP contribution < -0.4 is 25.3 Å². The van der Waals surface area contributed by atoms with Crippen molar-refractivity contribution in [3.05, 3.63) is 40.8 Å². The molecule has 3 aromatic rings. The maximum atomic E-state index is 12.9. The number of nitrogens with zero attached hydrogens (tertiary/aromatic N) is 3. The average molecular weight is 590 g/mol. The van der Waals surface area contributed by atoms with Gasteiger partial charge in [0, 0.05) is 12.1 Å². The molecule has 0 unspecified atom stereocenters. The van der Waals surface area contributed by atoms with Crippen LogP contribution in [0.25, 0.3) is 11.4 Å². The Morgan fingerprint density at radius 1 is 1.15 bits per heavy atom. The fraction of sp³-hybridized carbons (Fsp3) is 0.346. The van der Waals surface area contributed by atoms with Crippen LogP contribution in [0.4, 0.5) is 5.00 Å². The van der Waals surface area contributed by atoms with Gasteiger partial charge in [-0.2, -0.15) is 0 Å². The minimum absolute atomic E-state index is 0.0634. The van der Waals surface area contributed by atoms with Gasteiger partial charge in [0.25, 0.3) is 5.91 Å². The number of carbonyl (C=O) groups excluding carboxylic acids is 3. The molecule has 0 aliphatic heterocycles. The summed E-state index contributed by atoms with van der Waals surface area (Å²) in [5.74, 6) is -0.00278. The van der Waals surface area contributed by atoms with E-state index in [0.29, 0.717) is 45.9 Å². The fourth-order valence-corrected chi connectivity index (χ4v) is 5.57. The fourth-order valence-electron chi connectivity index (χ4n) is 3.76. The second-order valence-corrected chi connectivity index (χ2v) is 10.5. The summed E-state index contributed by atoms with van der Waals surface area (Å²) >= 11 is 2.06. The molecule has 2 amide bonds. The zero-order chi connectivity index (χ0) is 29.6. The predicted molar refractivity (Wildman–Crippen MR) is 153 cm³/mol. The van der Waals surface area contributed by atoms with Gasteiger partial charge in [-0.3, -0.25) is 14.2 Å². The van der Waals surface area contributed by atoms with Crippen LogP contribution in [0, 0.1) is 6.92 Å². The zero-order valence-corrected chi connectivity index (χ0v) is 24.7. The van der Waals surface area contributed by atoms with Gasteiger partial charge in [0.1, 0.15) is 5.00 Å². The molecule has 40 heavy (non-hydrogen) atoms. The van der Waals surface area contributed by atoms with Crippen molar-refractivity contribution in [3.63, 3.8) is 0 Å². The standard InChI is InChI=1S/C26H31N5O7S2/c1-8-9-31-23(15-10-16(35-5)20(37-7)17(11-15)36-6)29-30-26(31)39-12-18(32)28-24-19(25(34)38-13(2)3)14(4)21(40-24)22(27)33/h8,10-11,13H,1,9,12H2,2-7H3,(H2,27,33)(H,28,32). The number of ether oxygens (including phenoxy) is 4. The van der Waals surface area contributed by atoms with Crippen LogP contribution in [-0.2, 0) is 16.1 Å². The molecule has 1 aromatic carbocycles. The van der Waals surface area contributed by atoms with Crippen molar-refractivity contribution in [3.8, 4) is 28.6 Å². The van der Waals surface area contributed by atoms with Gasteiger partial charge in [0.05, 0.1) is 43.6 Å². The highest BCUT2D eigenvalue weighted by Gasteiger charge is 2.27. The average Bonchev–Trinajstić information content (AvgIpc) is 3.46. The van der Waals surface area contributed by atoms with E-state index in [0.717, 1.165) is 23.1 Å². The molecule has 14 heteroatoms. The number of methoxy groups -OCH3 is 3. The first-order chi connectivity index (χ1) is 19.1. The summed E-state index contributed by atoms with van der Waals surface area (Å²) in [6.45, 7) is 9.17. The van der Waals surface area contributed by atoms with Gasteiger partial charge in [-0.25, -0.2) is 4.79 Å². The van der Waals surface area contributed by atoms with E-state index >= 15 is 0 Å². The molecular weight excluding hydrogens is 558 g/mol. The summed E-state index contributed by atoms with van der Waals surface area (Å²) in [4.78, 5) is 37.7. The molecule has 3 N–H and O–H groups in total. The maximum Gasteiger partial charge on any atom is 0.341 e. The van der Waals surface area contributed by atoms with Crippen LogP contribution in [0.3, 0.4) is 0 Å². The van der Waals surface area contributed by atoms with Gasteiger partial charge in [0.2, 0.25) is 11.7 Å². The summed E-state index contributed by atoms with van der Waals surface area (Å²) in [5.41, 5.74) is 6.58. The Kier molecular flexibility index (Phi) is 10.2. The van der Waals surface area contributed by atoms with Crippen LogP contribution in [0.5, 0.6) is 17.2 Å². The van der Waals surface area contributed by atoms with E-state index in [1.807, 2.05) is 0 Å². The highest BCUT2D eigenvalue weighted by Crippen LogP contribution is 2.41. The number of aromatic nitrogens is 3. The Bertz CT molecular complexity index is 1410. The minimum atomic E-state index is -0.701. The third kappa shape index (κ3) is 6.57. The molecule has 214 valence electrons. The number of hydrogen-bond acceptors (Lipinski definition) is 11. The molecule has 0 radical (unpaired) electrons. The van der Waals surface area contributed by atoms with Crippen molar-refractivity contribution in [1.82, 2.24) is 14.8 Å². The number of allylic oxidation sites excluding steroid dienone is 1. The van der Waals surface area contributed by atoms with Gasteiger partial charge in [-0.1, -0.05) is 17.8 Å². The highest BCUT2D eigenvalue weighted by atomic mass is 32.2. The highest BCUT2D eigenvalue weighted by molar-refractivity contribution is 7.99. The number of primary amides is 1. The Balaban J connectivity index is 1.87. The third-order valence-electron chi connectivity index (χ3n) is 5.45. The first-order valence-corrected chi connectivity index (χ1v) is 13.8. The van der Waals surface area contributed by atoms with E-state index in [4.69, 9.17) is 24.7 Å². The third-order valence-corrected chi connectivity index (χ3v) is 7.64. The van der Waals surface area contributed by atoms with Crippen molar-refractivity contribution in [2.45, 2.75) is 38.6 Å². The number of anilines is 1. The van der Waals surface area contributed by atoms with E-state index in [-0.39, 0.29) is 27.3 Å². The zero-order valence-electron chi connectivity index (χ0n) is 23.0. The molecule has 0 aliphatic rings. The van der Waals surface area contributed by atoms with E-state index < -0.39 is 17.8 Å². The number of carbonyl (C=O) groups is 3. The lowest BCUT2D eigenvalue weighted by molar-refractivity contribution is -0.113. The van der Waals surface area contributed by atoms with Gasteiger partial charge < -0.3 is 30.0 Å².